The van der Waals surface area contributed by atoms with Gasteiger partial charge in [-0.2, -0.15) is 0 Å². The van der Waals surface area contributed by atoms with Crippen LogP contribution >= 0.6 is 23.2 Å². The van der Waals surface area contributed by atoms with Gasteiger partial charge in [-0.05, 0) is 25.2 Å². The Bertz CT molecular complexity index is 917. The maximum Gasteiger partial charge on any atom is 0.352 e. The van der Waals surface area contributed by atoms with Crippen molar-refractivity contribution in [2.45, 2.75) is 20.4 Å². The Morgan fingerprint density at radius 2 is 1.88 bits per heavy atom. The van der Waals surface area contributed by atoms with Crippen LogP contribution in [0.1, 0.15) is 29.9 Å². The maximum atomic E-state index is 12.9. The van der Waals surface area contributed by atoms with Gasteiger partial charge in [-0.1, -0.05) is 43.1 Å². The van der Waals surface area contributed by atoms with Crippen molar-refractivity contribution in [3.63, 3.8) is 0 Å². The molecule has 0 spiro atoms. The lowest BCUT2D eigenvalue weighted by molar-refractivity contribution is 0.0686. The summed E-state index contributed by atoms with van der Waals surface area (Å²) in [5.41, 5.74) is -1.98. The molecule has 2 N–H and O–H groups in total. The van der Waals surface area contributed by atoms with E-state index in [2.05, 4.69) is 4.98 Å². The first-order chi connectivity index (χ1) is 11.8. The number of carboxylic acids is 1. The van der Waals surface area contributed by atoms with Crippen molar-refractivity contribution in [2.24, 2.45) is 0 Å². The average molecular weight is 386 g/mol. The number of aromatic amines is 1. The molecule has 0 fully saturated rings. The van der Waals surface area contributed by atoms with E-state index in [0.29, 0.717) is 13.1 Å². The molecular formula is C16H17Cl2N3O4. The highest BCUT2D eigenvalue weighted by atomic mass is 35.5. The molecule has 0 bridgehead atoms. The topological polar surface area (TPSA) is 95.4 Å². The molecule has 0 amide bonds. The lowest BCUT2D eigenvalue weighted by atomic mass is 10.2. The van der Waals surface area contributed by atoms with Crippen LogP contribution in [0.5, 0.6) is 0 Å². The summed E-state index contributed by atoms with van der Waals surface area (Å²) in [7, 11) is 0. The number of nitrogens with zero attached hydrogens (tertiary/aromatic N) is 2. The number of carboxylic acid groups (broad SMARTS) is 1. The minimum atomic E-state index is -1.37. The van der Waals surface area contributed by atoms with E-state index >= 15 is 0 Å². The van der Waals surface area contributed by atoms with Gasteiger partial charge in [-0.3, -0.25) is 9.69 Å². The summed E-state index contributed by atoms with van der Waals surface area (Å²) in [6.07, 6.45) is 0. The van der Waals surface area contributed by atoms with Crippen LogP contribution in [0.3, 0.4) is 0 Å². The van der Waals surface area contributed by atoms with E-state index in [-0.39, 0.29) is 27.8 Å². The van der Waals surface area contributed by atoms with Crippen LogP contribution in [-0.2, 0) is 6.54 Å². The SMILES string of the molecule is CCN(CC)Cc1c(C(=O)O)[nH]c(=O)n(-c2cccc(Cl)c2Cl)c1=O. The number of benzene rings is 1. The van der Waals surface area contributed by atoms with E-state index in [1.165, 1.54) is 12.1 Å². The second-order valence-electron chi connectivity index (χ2n) is 5.26. The second-order valence-corrected chi connectivity index (χ2v) is 6.05. The first-order valence-corrected chi connectivity index (χ1v) is 8.35. The van der Waals surface area contributed by atoms with Gasteiger partial charge in [-0.25, -0.2) is 14.2 Å². The van der Waals surface area contributed by atoms with E-state index in [1.54, 1.807) is 6.07 Å². The molecule has 25 heavy (non-hydrogen) atoms. The highest BCUT2D eigenvalue weighted by Crippen LogP contribution is 2.27. The van der Waals surface area contributed by atoms with Gasteiger partial charge in [0.05, 0.1) is 21.3 Å². The van der Waals surface area contributed by atoms with Gasteiger partial charge in [0.2, 0.25) is 0 Å². The van der Waals surface area contributed by atoms with Crippen LogP contribution < -0.4 is 11.2 Å². The molecular weight excluding hydrogens is 369 g/mol. The minimum absolute atomic E-state index is 0.0214. The maximum absolute atomic E-state index is 12.9. The fourth-order valence-electron chi connectivity index (χ4n) is 2.46. The third-order valence-electron chi connectivity index (χ3n) is 3.86. The largest absolute Gasteiger partial charge is 0.477 e. The Morgan fingerprint density at radius 3 is 2.44 bits per heavy atom. The molecule has 0 unspecified atom stereocenters. The molecule has 1 aromatic carbocycles. The Balaban J connectivity index is 2.79. The number of rotatable bonds is 6. The van der Waals surface area contributed by atoms with Crippen LogP contribution in [0.25, 0.3) is 5.69 Å². The summed E-state index contributed by atoms with van der Waals surface area (Å²) in [6.45, 7) is 5.10. The minimum Gasteiger partial charge on any atom is -0.477 e. The van der Waals surface area contributed by atoms with E-state index in [9.17, 15) is 19.5 Å². The molecule has 0 radical (unpaired) electrons. The number of aromatic nitrogens is 2. The molecule has 2 aromatic rings. The fraction of sp³-hybridized carbons (Fsp3) is 0.312. The fourth-order valence-corrected chi connectivity index (χ4v) is 2.84. The summed E-state index contributed by atoms with van der Waals surface area (Å²) in [5.74, 6) is -1.37. The van der Waals surface area contributed by atoms with E-state index in [4.69, 9.17) is 23.2 Å². The molecule has 2 rings (SSSR count). The highest BCUT2D eigenvalue weighted by Gasteiger charge is 2.22. The third-order valence-corrected chi connectivity index (χ3v) is 4.67. The number of carbonyl (C=O) groups is 1. The van der Waals surface area contributed by atoms with Gasteiger partial charge >= 0.3 is 11.7 Å². The van der Waals surface area contributed by atoms with Gasteiger partial charge in [0.15, 0.2) is 0 Å². The summed E-state index contributed by atoms with van der Waals surface area (Å²) >= 11 is 12.1. The van der Waals surface area contributed by atoms with Crippen LogP contribution in [0.15, 0.2) is 27.8 Å². The average Bonchev–Trinajstić information content (AvgIpc) is 2.57. The zero-order valence-electron chi connectivity index (χ0n) is 13.7. The number of aromatic carboxylic acids is 1. The van der Waals surface area contributed by atoms with Gasteiger partial charge in [0, 0.05) is 6.54 Å². The quantitative estimate of drug-likeness (QED) is 0.795. The number of H-pyrrole nitrogens is 1. The van der Waals surface area contributed by atoms with Crippen LogP contribution in [-0.4, -0.2) is 38.6 Å². The second kappa shape index (κ2) is 7.86. The molecule has 0 atom stereocenters. The molecule has 1 heterocycles. The summed E-state index contributed by atoms with van der Waals surface area (Å²) in [5, 5.41) is 9.56. The predicted octanol–water partition coefficient (Wildman–Crippen LogP) is 2.37. The molecule has 7 nitrogen and oxygen atoms in total. The number of hydrogen-bond donors (Lipinski definition) is 2. The van der Waals surface area contributed by atoms with Gasteiger partial charge in [-0.15, -0.1) is 0 Å². The van der Waals surface area contributed by atoms with Gasteiger partial charge < -0.3 is 10.1 Å². The third kappa shape index (κ3) is 3.78. The van der Waals surface area contributed by atoms with Crippen molar-refractivity contribution < 1.29 is 9.90 Å². The zero-order valence-corrected chi connectivity index (χ0v) is 15.2. The summed E-state index contributed by atoms with van der Waals surface area (Å²) in [4.78, 5) is 40.8. The molecule has 134 valence electrons. The van der Waals surface area contributed by atoms with Crippen molar-refractivity contribution in [3.05, 3.63) is 60.3 Å². The van der Waals surface area contributed by atoms with Crippen molar-refractivity contribution in [1.82, 2.24) is 14.5 Å². The van der Waals surface area contributed by atoms with Crippen LogP contribution in [0.2, 0.25) is 10.0 Å². The zero-order chi connectivity index (χ0) is 18.7. The molecule has 0 aliphatic carbocycles. The Morgan fingerprint density at radius 1 is 1.24 bits per heavy atom. The Labute approximate surface area is 153 Å². The molecule has 0 aliphatic rings. The van der Waals surface area contributed by atoms with Crippen molar-refractivity contribution in [3.8, 4) is 5.69 Å². The standard InChI is InChI=1S/C16H17Cl2N3O4/c1-3-20(4-2)8-9-13(15(23)24)19-16(25)21(14(9)22)11-7-5-6-10(17)12(11)18/h5-7H,3-4,8H2,1-2H3,(H,19,25)(H,23,24). The summed E-state index contributed by atoms with van der Waals surface area (Å²) in [6, 6.07) is 4.53. The van der Waals surface area contributed by atoms with Crippen molar-refractivity contribution in [2.75, 3.05) is 13.1 Å². The Hall–Kier alpha value is -2.09. The monoisotopic (exact) mass is 385 g/mol. The van der Waals surface area contributed by atoms with Crippen molar-refractivity contribution >= 4 is 29.2 Å². The first kappa shape index (κ1) is 19.2. The normalized spacial score (nSPS) is 11.1. The van der Waals surface area contributed by atoms with E-state index < -0.39 is 22.9 Å². The van der Waals surface area contributed by atoms with E-state index in [1.807, 2.05) is 18.7 Å². The van der Waals surface area contributed by atoms with Gasteiger partial charge in [0.25, 0.3) is 5.56 Å². The highest BCUT2D eigenvalue weighted by molar-refractivity contribution is 6.43. The summed E-state index contributed by atoms with van der Waals surface area (Å²) < 4.78 is 0.805. The lowest BCUT2D eigenvalue weighted by Crippen LogP contribution is -2.40. The number of hydrogen-bond acceptors (Lipinski definition) is 4. The number of nitrogens with one attached hydrogen (secondary N) is 1. The van der Waals surface area contributed by atoms with Crippen LogP contribution in [0.4, 0.5) is 0 Å². The first-order valence-electron chi connectivity index (χ1n) is 7.60. The predicted molar refractivity (Wildman–Crippen MR) is 96.3 cm³/mol. The molecule has 0 aliphatic heterocycles. The van der Waals surface area contributed by atoms with E-state index in [0.717, 1.165) is 4.57 Å². The molecule has 1 aromatic heterocycles. The molecule has 0 saturated carbocycles. The molecule has 9 heteroatoms. The molecule has 0 saturated heterocycles. The van der Waals surface area contributed by atoms with Crippen LogP contribution in [0, 0.1) is 0 Å². The smallest absolute Gasteiger partial charge is 0.352 e. The lowest BCUT2D eigenvalue weighted by Gasteiger charge is -2.19. The Kier molecular flexibility index (Phi) is 6.05. The van der Waals surface area contributed by atoms with Gasteiger partial charge in [0.1, 0.15) is 5.69 Å². The number of halogens is 2. The van der Waals surface area contributed by atoms with Crippen molar-refractivity contribution in [1.29, 1.82) is 0 Å².